The third-order valence-corrected chi connectivity index (χ3v) is 3.71. The van der Waals surface area contributed by atoms with Gasteiger partial charge in [0.25, 0.3) is 0 Å². The van der Waals surface area contributed by atoms with E-state index >= 15 is 0 Å². The van der Waals surface area contributed by atoms with Crippen LogP contribution in [0.3, 0.4) is 0 Å². The van der Waals surface area contributed by atoms with Gasteiger partial charge >= 0.3 is 11.9 Å². The summed E-state index contributed by atoms with van der Waals surface area (Å²) in [6.07, 6.45) is 14.2. The van der Waals surface area contributed by atoms with Gasteiger partial charge in [0.05, 0.1) is 5.92 Å². The molecule has 0 radical (unpaired) electrons. The zero-order valence-electron chi connectivity index (χ0n) is 14.8. The van der Waals surface area contributed by atoms with Crippen LogP contribution in [0, 0.1) is 5.92 Å². The van der Waals surface area contributed by atoms with E-state index in [1.165, 1.54) is 57.8 Å². The van der Waals surface area contributed by atoms with Crippen LogP contribution >= 0.6 is 0 Å². The molecular formula is C18H36O4. The highest BCUT2D eigenvalue weighted by Crippen LogP contribution is 2.13. The summed E-state index contributed by atoms with van der Waals surface area (Å²) in [5.41, 5.74) is 0. The molecule has 0 saturated carbocycles. The molecule has 0 amide bonds. The highest BCUT2D eigenvalue weighted by atomic mass is 16.4. The normalized spacial score (nSPS) is 11.4. The van der Waals surface area contributed by atoms with E-state index < -0.39 is 11.9 Å². The van der Waals surface area contributed by atoms with Crippen molar-refractivity contribution in [1.82, 2.24) is 0 Å². The Kier molecular flexibility index (Phi) is 19.0. The molecule has 0 rings (SSSR count). The number of aliphatic carboxylic acids is 2. The van der Waals surface area contributed by atoms with Crippen molar-refractivity contribution in [1.29, 1.82) is 0 Å². The molecule has 0 heterocycles. The van der Waals surface area contributed by atoms with Crippen LogP contribution < -0.4 is 0 Å². The number of carboxylic acid groups (broad SMARTS) is 2. The van der Waals surface area contributed by atoms with Gasteiger partial charge in [0.1, 0.15) is 0 Å². The minimum Gasteiger partial charge on any atom is -0.481 e. The van der Waals surface area contributed by atoms with Gasteiger partial charge in [-0.15, -0.1) is 0 Å². The maximum absolute atomic E-state index is 10.6. The van der Waals surface area contributed by atoms with Crippen LogP contribution in [0.15, 0.2) is 0 Å². The Labute approximate surface area is 136 Å². The van der Waals surface area contributed by atoms with Gasteiger partial charge in [-0.25, -0.2) is 0 Å². The van der Waals surface area contributed by atoms with Crippen LogP contribution in [0.25, 0.3) is 0 Å². The zero-order chi connectivity index (χ0) is 17.2. The largest absolute Gasteiger partial charge is 0.481 e. The lowest BCUT2D eigenvalue weighted by Crippen LogP contribution is -2.08. The highest BCUT2D eigenvalue weighted by Gasteiger charge is 2.09. The molecule has 0 aromatic carbocycles. The molecule has 0 spiro atoms. The average Bonchev–Trinajstić information content (AvgIpc) is 2.49. The van der Waals surface area contributed by atoms with Crippen LogP contribution in [-0.4, -0.2) is 22.2 Å². The van der Waals surface area contributed by atoms with Crippen molar-refractivity contribution in [2.75, 3.05) is 0 Å². The number of rotatable bonds is 13. The van der Waals surface area contributed by atoms with Gasteiger partial charge in [0, 0.05) is 6.42 Å². The minimum atomic E-state index is -0.745. The van der Waals surface area contributed by atoms with Crippen LogP contribution in [0.1, 0.15) is 97.8 Å². The fourth-order valence-corrected chi connectivity index (χ4v) is 2.06. The van der Waals surface area contributed by atoms with E-state index in [0.29, 0.717) is 0 Å². The van der Waals surface area contributed by atoms with Crippen molar-refractivity contribution < 1.29 is 19.8 Å². The first kappa shape index (κ1) is 23.2. The Balaban J connectivity index is 0. The molecule has 2 N–H and O–H groups in total. The van der Waals surface area contributed by atoms with Gasteiger partial charge in [0.2, 0.25) is 0 Å². The summed E-state index contributed by atoms with van der Waals surface area (Å²) in [6.45, 7) is 5.65. The molecule has 0 aromatic rings. The fourth-order valence-electron chi connectivity index (χ4n) is 2.06. The molecule has 0 saturated heterocycles. The first-order valence-electron chi connectivity index (χ1n) is 8.90. The van der Waals surface area contributed by atoms with Crippen molar-refractivity contribution in [3.8, 4) is 0 Å². The van der Waals surface area contributed by atoms with Crippen molar-refractivity contribution >= 4 is 11.9 Å². The molecule has 0 aromatic heterocycles. The van der Waals surface area contributed by atoms with Gasteiger partial charge in [-0.05, 0) is 6.42 Å². The molecule has 22 heavy (non-hydrogen) atoms. The summed E-state index contributed by atoms with van der Waals surface area (Å²) < 4.78 is 0. The van der Waals surface area contributed by atoms with E-state index in [1.807, 2.05) is 0 Å². The molecule has 4 nitrogen and oxygen atoms in total. The summed E-state index contributed by atoms with van der Waals surface area (Å²) in [5.74, 6) is -1.56. The molecule has 0 bridgehead atoms. The molecule has 132 valence electrons. The first-order chi connectivity index (χ1) is 10.5. The fraction of sp³-hybridized carbons (Fsp3) is 0.889. The zero-order valence-corrected chi connectivity index (χ0v) is 14.8. The lowest BCUT2D eigenvalue weighted by Gasteiger charge is -2.05. The second-order valence-corrected chi connectivity index (χ2v) is 5.96. The van der Waals surface area contributed by atoms with Crippen LogP contribution in [0.4, 0.5) is 0 Å². The molecule has 1 unspecified atom stereocenters. The van der Waals surface area contributed by atoms with E-state index in [9.17, 15) is 9.59 Å². The number of hydrogen-bond donors (Lipinski definition) is 2. The Morgan fingerprint density at radius 3 is 1.45 bits per heavy atom. The Bertz CT molecular complexity index is 264. The number of unbranched alkanes of at least 4 members (excludes halogenated alkanes) is 9. The van der Waals surface area contributed by atoms with Gasteiger partial charge in [0.15, 0.2) is 0 Å². The summed E-state index contributed by atoms with van der Waals surface area (Å²) in [4.78, 5) is 20.0. The standard InChI is InChI=1S/C15H30O2.C3H6O2/c1-3-4-5-6-7-8-9-10-11-12-13-14(2)15(16)17;1-2-3(4)5/h14H,3-13H2,1-2H3,(H,16,17);2H2,1H3,(H,4,5). The lowest BCUT2D eigenvalue weighted by molar-refractivity contribution is -0.141. The van der Waals surface area contributed by atoms with Crippen LogP contribution in [-0.2, 0) is 9.59 Å². The highest BCUT2D eigenvalue weighted by molar-refractivity contribution is 5.69. The molecular weight excluding hydrogens is 280 g/mol. The van der Waals surface area contributed by atoms with E-state index in [-0.39, 0.29) is 12.3 Å². The smallest absolute Gasteiger partial charge is 0.306 e. The average molecular weight is 316 g/mol. The number of carboxylic acids is 2. The van der Waals surface area contributed by atoms with Crippen molar-refractivity contribution in [3.05, 3.63) is 0 Å². The summed E-state index contributed by atoms with van der Waals surface area (Å²) in [7, 11) is 0. The molecule has 1 atom stereocenters. The van der Waals surface area contributed by atoms with Crippen LogP contribution in [0.5, 0.6) is 0 Å². The second-order valence-electron chi connectivity index (χ2n) is 5.96. The quantitative estimate of drug-likeness (QED) is 0.440. The van der Waals surface area contributed by atoms with Gasteiger partial charge in [-0.2, -0.15) is 0 Å². The molecule has 0 fully saturated rings. The van der Waals surface area contributed by atoms with E-state index in [0.717, 1.165) is 12.8 Å². The van der Waals surface area contributed by atoms with E-state index in [2.05, 4.69) is 6.92 Å². The third-order valence-electron chi connectivity index (χ3n) is 3.71. The molecule has 0 aliphatic carbocycles. The van der Waals surface area contributed by atoms with Crippen molar-refractivity contribution in [3.63, 3.8) is 0 Å². The van der Waals surface area contributed by atoms with E-state index in [4.69, 9.17) is 10.2 Å². The predicted octanol–water partition coefficient (Wildman–Crippen LogP) is 5.50. The SMILES string of the molecule is CCC(=O)O.CCCCCCCCCCCCC(C)C(=O)O. The lowest BCUT2D eigenvalue weighted by atomic mass is 10.0. The summed E-state index contributed by atoms with van der Waals surface area (Å²) in [6, 6.07) is 0. The number of hydrogen-bond acceptors (Lipinski definition) is 2. The molecule has 4 heteroatoms. The second kappa shape index (κ2) is 18.0. The first-order valence-corrected chi connectivity index (χ1v) is 8.90. The summed E-state index contributed by atoms with van der Waals surface area (Å²) in [5, 5.41) is 16.4. The monoisotopic (exact) mass is 316 g/mol. The van der Waals surface area contributed by atoms with Crippen molar-refractivity contribution in [2.24, 2.45) is 5.92 Å². The Hall–Kier alpha value is -1.06. The maximum Gasteiger partial charge on any atom is 0.306 e. The molecule has 0 aliphatic rings. The number of carbonyl (C=O) groups is 2. The van der Waals surface area contributed by atoms with Gasteiger partial charge in [-0.3, -0.25) is 9.59 Å². The third kappa shape index (κ3) is 21.2. The predicted molar refractivity (Wildman–Crippen MR) is 91.2 cm³/mol. The minimum absolute atomic E-state index is 0.163. The van der Waals surface area contributed by atoms with E-state index in [1.54, 1.807) is 13.8 Å². The topological polar surface area (TPSA) is 74.6 Å². The maximum atomic E-state index is 10.6. The van der Waals surface area contributed by atoms with Crippen molar-refractivity contribution in [2.45, 2.75) is 97.8 Å². The van der Waals surface area contributed by atoms with Gasteiger partial charge in [-0.1, -0.05) is 85.0 Å². The Morgan fingerprint density at radius 2 is 1.14 bits per heavy atom. The summed E-state index contributed by atoms with van der Waals surface area (Å²) >= 11 is 0. The Morgan fingerprint density at radius 1 is 0.773 bits per heavy atom. The van der Waals surface area contributed by atoms with Crippen LogP contribution in [0.2, 0.25) is 0 Å². The van der Waals surface area contributed by atoms with Gasteiger partial charge < -0.3 is 10.2 Å². The molecule has 0 aliphatic heterocycles.